The lowest BCUT2D eigenvalue weighted by Gasteiger charge is -2.08. The summed E-state index contributed by atoms with van der Waals surface area (Å²) in [6.07, 6.45) is 3.20. The Morgan fingerprint density at radius 3 is 2.05 bits per heavy atom. The van der Waals surface area contributed by atoms with Gasteiger partial charge in [-0.3, -0.25) is 9.59 Å². The van der Waals surface area contributed by atoms with Gasteiger partial charge in [0, 0.05) is 18.0 Å². The minimum atomic E-state index is -1.44. The Balaban J connectivity index is 2.16. The summed E-state index contributed by atoms with van der Waals surface area (Å²) < 4.78 is 0. The van der Waals surface area contributed by atoms with Crippen LogP contribution in [0.4, 0.5) is 0 Å². The number of hydrogen-bond acceptors (Lipinski definition) is 4. The number of benzene rings is 1. The maximum absolute atomic E-state index is 10.8. The number of aliphatic carboxylic acids is 2. The summed E-state index contributed by atoms with van der Waals surface area (Å²) in [6.45, 7) is 0. The van der Waals surface area contributed by atoms with Gasteiger partial charge in [-0.2, -0.15) is 0 Å². The highest BCUT2D eigenvalue weighted by molar-refractivity contribution is 5.93. The van der Waals surface area contributed by atoms with E-state index >= 15 is 0 Å². The molecule has 0 aliphatic carbocycles. The Morgan fingerprint density at radius 2 is 1.55 bits per heavy atom. The van der Waals surface area contributed by atoms with Crippen LogP contribution in [0.2, 0.25) is 0 Å². The lowest BCUT2D eigenvalue weighted by atomic mass is 9.98. The first-order valence-electron chi connectivity index (χ1n) is 5.90. The van der Waals surface area contributed by atoms with Crippen LogP contribution in [0.5, 0.6) is 0 Å². The molecular weight excluding hydrogens is 260 g/mol. The summed E-state index contributed by atoms with van der Waals surface area (Å²) in [5.74, 6) is -3.55. The van der Waals surface area contributed by atoms with Crippen molar-refractivity contribution in [1.29, 1.82) is 0 Å². The maximum Gasteiger partial charge on any atom is 0.318 e. The van der Waals surface area contributed by atoms with Crippen molar-refractivity contribution in [2.45, 2.75) is 6.42 Å². The second-order valence-electron chi connectivity index (χ2n) is 4.20. The van der Waals surface area contributed by atoms with E-state index in [1.807, 2.05) is 0 Å². The Bertz CT molecular complexity index is 597. The van der Waals surface area contributed by atoms with E-state index in [0.29, 0.717) is 11.4 Å². The van der Waals surface area contributed by atoms with Crippen molar-refractivity contribution in [2.24, 2.45) is 5.92 Å². The molecule has 1 heterocycles. The van der Waals surface area contributed by atoms with Gasteiger partial charge in [-0.05, 0) is 18.1 Å². The molecule has 0 atom stereocenters. The highest BCUT2D eigenvalue weighted by atomic mass is 16.4. The van der Waals surface area contributed by atoms with Crippen LogP contribution in [0.3, 0.4) is 0 Å². The zero-order valence-corrected chi connectivity index (χ0v) is 10.4. The van der Waals surface area contributed by atoms with Crippen LogP contribution in [-0.2, 0) is 16.0 Å². The van der Waals surface area contributed by atoms with Crippen molar-refractivity contribution >= 4 is 11.9 Å². The molecule has 20 heavy (non-hydrogen) atoms. The standard InChI is InChI=1S/C14H12N2O4/c17-13(18)11(14(19)20)8-9-2-4-10(5-3-9)12-15-6-1-7-16-12/h1-7,11H,8H2,(H,17,18)(H,19,20). The van der Waals surface area contributed by atoms with Crippen LogP contribution < -0.4 is 0 Å². The first-order chi connectivity index (χ1) is 9.58. The predicted molar refractivity (Wildman–Crippen MR) is 69.9 cm³/mol. The van der Waals surface area contributed by atoms with Gasteiger partial charge in [-0.1, -0.05) is 24.3 Å². The minimum Gasteiger partial charge on any atom is -0.481 e. The zero-order valence-electron chi connectivity index (χ0n) is 10.4. The van der Waals surface area contributed by atoms with Crippen molar-refractivity contribution in [1.82, 2.24) is 9.97 Å². The number of carboxylic acid groups (broad SMARTS) is 2. The Morgan fingerprint density at radius 1 is 1.00 bits per heavy atom. The third kappa shape index (κ3) is 3.17. The van der Waals surface area contributed by atoms with E-state index in [1.165, 1.54) is 0 Å². The molecule has 1 aromatic carbocycles. The average molecular weight is 272 g/mol. The van der Waals surface area contributed by atoms with Crippen LogP contribution in [-0.4, -0.2) is 32.1 Å². The van der Waals surface area contributed by atoms with Crippen molar-refractivity contribution in [3.05, 3.63) is 48.3 Å². The topological polar surface area (TPSA) is 100 Å². The van der Waals surface area contributed by atoms with Crippen LogP contribution >= 0.6 is 0 Å². The maximum atomic E-state index is 10.8. The summed E-state index contributed by atoms with van der Waals surface area (Å²) in [5, 5.41) is 17.7. The van der Waals surface area contributed by atoms with Gasteiger partial charge in [-0.15, -0.1) is 0 Å². The van der Waals surface area contributed by atoms with Crippen LogP contribution in [0.25, 0.3) is 11.4 Å². The van der Waals surface area contributed by atoms with E-state index in [4.69, 9.17) is 10.2 Å². The van der Waals surface area contributed by atoms with Gasteiger partial charge in [0.1, 0.15) is 0 Å². The molecule has 0 aliphatic rings. The number of nitrogens with zero attached hydrogens (tertiary/aromatic N) is 2. The molecule has 102 valence electrons. The fourth-order valence-electron chi connectivity index (χ4n) is 1.75. The Labute approximate surface area is 114 Å². The Kier molecular flexibility index (Phi) is 4.05. The van der Waals surface area contributed by atoms with Crippen molar-refractivity contribution in [3.8, 4) is 11.4 Å². The third-order valence-electron chi connectivity index (χ3n) is 2.81. The number of carboxylic acids is 2. The molecule has 0 amide bonds. The lowest BCUT2D eigenvalue weighted by Crippen LogP contribution is -2.25. The Hall–Kier alpha value is -2.76. The van der Waals surface area contributed by atoms with E-state index in [1.54, 1.807) is 42.7 Å². The number of hydrogen-bond donors (Lipinski definition) is 2. The molecule has 1 aromatic heterocycles. The van der Waals surface area contributed by atoms with Gasteiger partial charge in [0.2, 0.25) is 0 Å². The molecule has 0 fully saturated rings. The van der Waals surface area contributed by atoms with Crippen LogP contribution in [0.1, 0.15) is 5.56 Å². The summed E-state index contributed by atoms with van der Waals surface area (Å²) >= 11 is 0. The van der Waals surface area contributed by atoms with E-state index in [9.17, 15) is 9.59 Å². The van der Waals surface area contributed by atoms with Gasteiger partial charge >= 0.3 is 11.9 Å². The molecule has 0 saturated carbocycles. The van der Waals surface area contributed by atoms with Crippen molar-refractivity contribution < 1.29 is 19.8 Å². The molecule has 0 radical (unpaired) electrons. The summed E-state index contributed by atoms with van der Waals surface area (Å²) in [7, 11) is 0. The number of carbonyl (C=O) groups is 2. The van der Waals surface area contributed by atoms with E-state index in [0.717, 1.165) is 5.56 Å². The summed E-state index contributed by atoms with van der Waals surface area (Å²) in [6, 6.07) is 8.56. The minimum absolute atomic E-state index is 0.0550. The fourth-order valence-corrected chi connectivity index (χ4v) is 1.75. The summed E-state index contributed by atoms with van der Waals surface area (Å²) in [4.78, 5) is 29.9. The lowest BCUT2D eigenvalue weighted by molar-refractivity contribution is -0.154. The molecule has 2 aromatic rings. The quantitative estimate of drug-likeness (QED) is 0.799. The van der Waals surface area contributed by atoms with Gasteiger partial charge in [-0.25, -0.2) is 9.97 Å². The number of rotatable bonds is 5. The third-order valence-corrected chi connectivity index (χ3v) is 2.81. The van der Waals surface area contributed by atoms with Crippen LogP contribution in [0, 0.1) is 5.92 Å². The van der Waals surface area contributed by atoms with Crippen molar-refractivity contribution in [2.75, 3.05) is 0 Å². The smallest absolute Gasteiger partial charge is 0.318 e. The molecule has 2 N–H and O–H groups in total. The highest BCUT2D eigenvalue weighted by Crippen LogP contribution is 2.17. The molecular formula is C14H12N2O4. The van der Waals surface area contributed by atoms with Crippen LogP contribution in [0.15, 0.2) is 42.7 Å². The predicted octanol–water partition coefficient (Wildman–Crippen LogP) is 1.47. The molecule has 0 saturated heterocycles. The van der Waals surface area contributed by atoms with Crippen molar-refractivity contribution in [3.63, 3.8) is 0 Å². The normalized spacial score (nSPS) is 10.4. The van der Waals surface area contributed by atoms with E-state index < -0.39 is 17.9 Å². The molecule has 0 bridgehead atoms. The zero-order chi connectivity index (χ0) is 14.5. The van der Waals surface area contributed by atoms with Gasteiger partial charge in [0.25, 0.3) is 0 Å². The second kappa shape index (κ2) is 5.92. The van der Waals surface area contributed by atoms with Gasteiger partial charge in [0.15, 0.2) is 11.7 Å². The second-order valence-corrected chi connectivity index (χ2v) is 4.20. The summed E-state index contributed by atoms with van der Waals surface area (Å²) in [5.41, 5.74) is 1.43. The SMILES string of the molecule is O=C(O)C(Cc1ccc(-c2ncccn2)cc1)C(=O)O. The monoisotopic (exact) mass is 272 g/mol. The van der Waals surface area contributed by atoms with Gasteiger partial charge in [0.05, 0.1) is 0 Å². The molecule has 0 unspecified atom stereocenters. The van der Waals surface area contributed by atoms with E-state index in [-0.39, 0.29) is 6.42 Å². The molecule has 6 nitrogen and oxygen atoms in total. The molecule has 2 rings (SSSR count). The highest BCUT2D eigenvalue weighted by Gasteiger charge is 2.25. The number of aromatic nitrogens is 2. The van der Waals surface area contributed by atoms with Gasteiger partial charge < -0.3 is 10.2 Å². The first-order valence-corrected chi connectivity index (χ1v) is 5.90. The first kappa shape index (κ1) is 13.7. The fraction of sp³-hybridized carbons (Fsp3) is 0.143. The van der Waals surface area contributed by atoms with E-state index in [2.05, 4.69) is 9.97 Å². The average Bonchev–Trinajstić information content (AvgIpc) is 2.45. The molecule has 6 heteroatoms. The molecule has 0 aliphatic heterocycles. The largest absolute Gasteiger partial charge is 0.481 e. The molecule has 0 spiro atoms.